The van der Waals surface area contributed by atoms with Gasteiger partial charge in [0.2, 0.25) is 5.91 Å². The maximum Gasteiger partial charge on any atom is 0.330 e. The highest BCUT2D eigenvalue weighted by molar-refractivity contribution is 6.02. The summed E-state index contributed by atoms with van der Waals surface area (Å²) in [5.74, 6) is -0.788. The van der Waals surface area contributed by atoms with Gasteiger partial charge in [-0.2, -0.15) is 0 Å². The van der Waals surface area contributed by atoms with Crippen LogP contribution in [0.15, 0.2) is 36.4 Å². The zero-order chi connectivity index (χ0) is 19.7. The molecule has 0 unspecified atom stereocenters. The minimum atomic E-state index is -0.464. The lowest BCUT2D eigenvalue weighted by molar-refractivity contribution is -0.138. The molecule has 0 fully saturated rings. The van der Waals surface area contributed by atoms with Crippen molar-refractivity contribution in [3.8, 4) is 0 Å². The Kier molecular flexibility index (Phi) is 12.7. The lowest BCUT2D eigenvalue weighted by atomic mass is 10.1. The van der Waals surface area contributed by atoms with E-state index in [-0.39, 0.29) is 5.91 Å². The third-order valence-electron chi connectivity index (χ3n) is 4.52. The molecule has 0 aliphatic rings. The number of amides is 1. The molecular weight excluding hydrogens is 338 g/mol. The van der Waals surface area contributed by atoms with Crippen LogP contribution in [0.3, 0.4) is 0 Å². The van der Waals surface area contributed by atoms with E-state index in [0.29, 0.717) is 6.61 Å². The van der Waals surface area contributed by atoms with E-state index in [9.17, 15) is 9.59 Å². The predicted octanol–water partition coefficient (Wildman–Crippen LogP) is 5.82. The zero-order valence-electron chi connectivity index (χ0n) is 17.0. The molecule has 4 heteroatoms. The number of carbonyl (C=O) groups excluding carboxylic acids is 2. The van der Waals surface area contributed by atoms with E-state index >= 15 is 0 Å². The Balaban J connectivity index is 2.11. The van der Waals surface area contributed by atoms with Gasteiger partial charge in [-0.15, -0.1) is 0 Å². The summed E-state index contributed by atoms with van der Waals surface area (Å²) in [6.45, 7) is 4.68. The number of ether oxygens (including phenoxy) is 1. The summed E-state index contributed by atoms with van der Waals surface area (Å²) in [6.07, 6.45) is 14.3. The average molecular weight is 374 g/mol. The van der Waals surface area contributed by atoms with E-state index in [0.717, 1.165) is 30.5 Å². The molecule has 0 saturated carbocycles. The number of esters is 1. The van der Waals surface area contributed by atoms with Gasteiger partial charge in [-0.3, -0.25) is 4.79 Å². The van der Waals surface area contributed by atoms with Crippen LogP contribution in [0.1, 0.15) is 77.2 Å². The van der Waals surface area contributed by atoms with Crippen molar-refractivity contribution in [3.63, 3.8) is 0 Å². The molecule has 0 atom stereocenters. The van der Waals surface area contributed by atoms with Crippen molar-refractivity contribution in [1.29, 1.82) is 0 Å². The van der Waals surface area contributed by atoms with Crippen molar-refractivity contribution in [2.75, 3.05) is 11.9 Å². The molecule has 0 bridgehead atoms. The van der Waals surface area contributed by atoms with Gasteiger partial charge in [-0.25, -0.2) is 4.79 Å². The monoisotopic (exact) mass is 373 g/mol. The number of unbranched alkanes of at least 4 members (excludes halogenated alkanes) is 8. The summed E-state index contributed by atoms with van der Waals surface area (Å²) in [7, 11) is 0. The SMILES string of the molecule is CCCCCCCCCCCOC(=O)/C=C/C(=O)Nc1ccccc1CC. The molecule has 27 heavy (non-hydrogen) atoms. The number of benzene rings is 1. The maximum absolute atomic E-state index is 11.9. The summed E-state index contributed by atoms with van der Waals surface area (Å²) in [5.41, 5.74) is 1.84. The Morgan fingerprint density at radius 2 is 1.52 bits per heavy atom. The fraction of sp³-hybridized carbons (Fsp3) is 0.565. The molecule has 4 nitrogen and oxygen atoms in total. The van der Waals surface area contributed by atoms with Crippen LogP contribution in [-0.2, 0) is 20.7 Å². The van der Waals surface area contributed by atoms with Gasteiger partial charge >= 0.3 is 5.97 Å². The van der Waals surface area contributed by atoms with E-state index in [1.54, 1.807) is 0 Å². The Bertz CT molecular complexity index is 581. The molecule has 1 aromatic rings. The molecule has 0 heterocycles. The second-order valence-electron chi connectivity index (χ2n) is 6.83. The third-order valence-corrected chi connectivity index (χ3v) is 4.52. The van der Waals surface area contributed by atoms with E-state index in [1.165, 1.54) is 57.1 Å². The Labute approximate surface area is 164 Å². The lowest BCUT2D eigenvalue weighted by Crippen LogP contribution is -2.11. The standard InChI is InChI=1S/C23H35NO3/c1-3-5-6-7-8-9-10-11-14-19-27-23(26)18-17-22(25)24-21-16-13-12-15-20(21)4-2/h12-13,15-18H,3-11,14,19H2,1-2H3,(H,24,25)/b18-17+. The Morgan fingerprint density at radius 3 is 2.19 bits per heavy atom. The largest absolute Gasteiger partial charge is 0.463 e. The van der Waals surface area contributed by atoms with Crippen molar-refractivity contribution >= 4 is 17.6 Å². The molecule has 150 valence electrons. The third kappa shape index (κ3) is 11.3. The van der Waals surface area contributed by atoms with Crippen molar-refractivity contribution in [2.45, 2.75) is 78.1 Å². The quantitative estimate of drug-likeness (QED) is 0.254. The van der Waals surface area contributed by atoms with Gasteiger partial charge in [0.1, 0.15) is 0 Å². The maximum atomic E-state index is 11.9. The van der Waals surface area contributed by atoms with Gasteiger partial charge in [0.15, 0.2) is 0 Å². The first-order valence-corrected chi connectivity index (χ1v) is 10.4. The van der Waals surface area contributed by atoms with Crippen LogP contribution in [0.4, 0.5) is 5.69 Å². The highest BCUT2D eigenvalue weighted by atomic mass is 16.5. The van der Waals surface area contributed by atoms with Gasteiger partial charge in [-0.05, 0) is 24.5 Å². The number of hydrogen-bond donors (Lipinski definition) is 1. The molecule has 0 spiro atoms. The number of rotatable bonds is 14. The van der Waals surface area contributed by atoms with Crippen LogP contribution in [0, 0.1) is 0 Å². The molecular formula is C23H35NO3. The van der Waals surface area contributed by atoms with Crippen LogP contribution in [0.2, 0.25) is 0 Å². The predicted molar refractivity (Wildman–Crippen MR) is 112 cm³/mol. The van der Waals surface area contributed by atoms with Crippen molar-refractivity contribution < 1.29 is 14.3 Å². The van der Waals surface area contributed by atoms with Gasteiger partial charge in [0.25, 0.3) is 0 Å². The highest BCUT2D eigenvalue weighted by Crippen LogP contribution is 2.15. The number of nitrogens with one attached hydrogen (secondary N) is 1. The fourth-order valence-electron chi connectivity index (χ4n) is 2.90. The van der Waals surface area contributed by atoms with Gasteiger partial charge in [-0.1, -0.05) is 83.4 Å². The number of aryl methyl sites for hydroxylation is 1. The van der Waals surface area contributed by atoms with E-state index in [4.69, 9.17) is 4.74 Å². The summed E-state index contributed by atoms with van der Waals surface area (Å²) >= 11 is 0. The normalized spacial score (nSPS) is 10.9. The first-order chi connectivity index (χ1) is 13.2. The molecule has 0 aromatic heterocycles. The van der Waals surface area contributed by atoms with Crippen LogP contribution in [0.25, 0.3) is 0 Å². The minimum absolute atomic E-state index is 0.323. The summed E-state index contributed by atoms with van der Waals surface area (Å²) in [6, 6.07) is 7.64. The van der Waals surface area contributed by atoms with Gasteiger partial charge < -0.3 is 10.1 Å². The molecule has 1 rings (SSSR count). The second kappa shape index (κ2) is 15.0. The zero-order valence-corrected chi connectivity index (χ0v) is 17.0. The Morgan fingerprint density at radius 1 is 0.889 bits per heavy atom. The second-order valence-corrected chi connectivity index (χ2v) is 6.83. The van der Waals surface area contributed by atoms with Crippen molar-refractivity contribution in [3.05, 3.63) is 42.0 Å². The van der Waals surface area contributed by atoms with Crippen molar-refractivity contribution in [1.82, 2.24) is 0 Å². The van der Waals surface area contributed by atoms with Gasteiger partial charge in [0.05, 0.1) is 6.61 Å². The minimum Gasteiger partial charge on any atom is -0.463 e. The summed E-state index contributed by atoms with van der Waals surface area (Å²) in [5, 5.41) is 2.79. The first-order valence-electron chi connectivity index (χ1n) is 10.4. The van der Waals surface area contributed by atoms with Crippen molar-refractivity contribution in [2.24, 2.45) is 0 Å². The molecule has 1 aromatic carbocycles. The molecule has 0 saturated heterocycles. The number of hydrogen-bond acceptors (Lipinski definition) is 3. The smallest absolute Gasteiger partial charge is 0.330 e. The van der Waals surface area contributed by atoms with E-state index < -0.39 is 5.97 Å². The Hall–Kier alpha value is -2.10. The van der Waals surface area contributed by atoms with Gasteiger partial charge in [0, 0.05) is 17.8 Å². The molecule has 0 aliphatic carbocycles. The fourth-order valence-corrected chi connectivity index (χ4v) is 2.90. The molecule has 0 radical (unpaired) electrons. The number of para-hydroxylation sites is 1. The van der Waals surface area contributed by atoms with Crippen LogP contribution in [-0.4, -0.2) is 18.5 Å². The molecule has 1 amide bonds. The summed E-state index contributed by atoms with van der Waals surface area (Å²) in [4.78, 5) is 23.6. The van der Waals surface area contributed by atoms with Crippen LogP contribution < -0.4 is 5.32 Å². The summed E-state index contributed by atoms with van der Waals surface area (Å²) < 4.78 is 5.14. The van der Waals surface area contributed by atoms with Crippen LogP contribution >= 0.6 is 0 Å². The number of carbonyl (C=O) groups is 2. The van der Waals surface area contributed by atoms with Crippen LogP contribution in [0.5, 0.6) is 0 Å². The average Bonchev–Trinajstić information content (AvgIpc) is 2.68. The lowest BCUT2D eigenvalue weighted by Gasteiger charge is -2.07. The topological polar surface area (TPSA) is 55.4 Å². The molecule has 0 aliphatic heterocycles. The van der Waals surface area contributed by atoms with E-state index in [1.807, 2.05) is 31.2 Å². The highest BCUT2D eigenvalue weighted by Gasteiger charge is 2.04. The van der Waals surface area contributed by atoms with E-state index in [2.05, 4.69) is 12.2 Å². The first kappa shape index (κ1) is 22.9. The molecule has 1 N–H and O–H groups in total. The number of anilines is 1.